The number of quaternary nitrogens is 2. The molecule has 1 aromatic rings. The lowest BCUT2D eigenvalue weighted by Crippen LogP contribution is -3.20. The number of rotatable bonds is 5. The number of carbonyl (C=O) groups is 2. The third kappa shape index (κ3) is 7.04. The molecule has 4 N–H and O–H groups in total. The van der Waals surface area contributed by atoms with Crippen LogP contribution < -0.4 is 20.4 Å². The highest BCUT2D eigenvalue weighted by molar-refractivity contribution is 6.33. The maximum atomic E-state index is 13.2. The Balaban J connectivity index is 1.88. The molecule has 28 heavy (non-hydrogen) atoms. The van der Waals surface area contributed by atoms with E-state index in [9.17, 15) is 14.0 Å². The predicted octanol–water partition coefficient (Wildman–Crippen LogP) is -0.106. The van der Waals surface area contributed by atoms with E-state index in [1.165, 1.54) is 28.0 Å². The third-order valence-electron chi connectivity index (χ3n) is 4.95. The molecule has 6 nitrogen and oxygen atoms in total. The zero-order valence-corrected chi connectivity index (χ0v) is 17.9. The summed E-state index contributed by atoms with van der Waals surface area (Å²) in [4.78, 5) is 27.2. The molecular weight excluding hydrogens is 383 g/mol. The van der Waals surface area contributed by atoms with Crippen molar-refractivity contribution in [3.05, 3.63) is 29.0 Å². The number of nitrogens with one attached hydrogen (secondary N) is 4. The molecule has 8 heteroatoms. The average Bonchev–Trinajstić information content (AvgIpc) is 2.80. The molecule has 0 bridgehead atoms. The van der Waals surface area contributed by atoms with Crippen molar-refractivity contribution >= 4 is 29.1 Å². The van der Waals surface area contributed by atoms with Gasteiger partial charge in [-0.2, -0.15) is 0 Å². The van der Waals surface area contributed by atoms with Crippen molar-refractivity contribution in [3.63, 3.8) is 0 Å². The first-order valence-corrected chi connectivity index (χ1v) is 10.2. The maximum Gasteiger partial charge on any atom is 0.282 e. The molecule has 1 fully saturated rings. The Labute approximate surface area is 171 Å². The van der Waals surface area contributed by atoms with Gasteiger partial charge in [0.15, 0.2) is 12.6 Å². The smallest absolute Gasteiger partial charge is 0.282 e. The van der Waals surface area contributed by atoms with Crippen molar-refractivity contribution in [2.45, 2.75) is 45.7 Å². The van der Waals surface area contributed by atoms with Gasteiger partial charge < -0.3 is 20.4 Å². The van der Waals surface area contributed by atoms with Crippen LogP contribution in [0.25, 0.3) is 0 Å². The molecule has 0 aromatic heterocycles. The van der Waals surface area contributed by atoms with Crippen molar-refractivity contribution in [1.29, 1.82) is 0 Å². The molecule has 0 saturated carbocycles. The Kier molecular flexibility index (Phi) is 7.80. The summed E-state index contributed by atoms with van der Waals surface area (Å²) in [6, 6.07) is 3.67. The van der Waals surface area contributed by atoms with Gasteiger partial charge in [-0.25, -0.2) is 4.39 Å². The zero-order chi connectivity index (χ0) is 20.9. The largest absolute Gasteiger partial charge is 0.347 e. The average molecular weight is 415 g/mol. The van der Waals surface area contributed by atoms with E-state index < -0.39 is 5.82 Å². The maximum absolute atomic E-state index is 13.2. The fraction of sp³-hybridized carbons (Fsp3) is 0.600. The normalized spacial score (nSPS) is 21.5. The van der Waals surface area contributed by atoms with Crippen molar-refractivity contribution in [3.8, 4) is 0 Å². The van der Waals surface area contributed by atoms with Crippen LogP contribution in [-0.2, 0) is 9.59 Å². The topological polar surface area (TPSA) is 67.1 Å². The summed E-state index contributed by atoms with van der Waals surface area (Å²) in [5.41, 5.74) is 0.189. The van der Waals surface area contributed by atoms with Crippen LogP contribution in [0, 0.1) is 5.82 Å². The number of hydrogen-bond donors (Lipinski definition) is 4. The number of halogens is 2. The zero-order valence-electron chi connectivity index (χ0n) is 17.1. The molecule has 1 aliphatic heterocycles. The summed E-state index contributed by atoms with van der Waals surface area (Å²) < 4.78 is 13.2. The SMILES string of the molecule is C[C@H](C(=O)Nc1ccc(F)cc1Cl)[NH+]1CCC[NH+](CC(=O)NC(C)(C)C)CC1. The number of hydrogen-bond acceptors (Lipinski definition) is 2. The second kappa shape index (κ2) is 9.67. The Morgan fingerprint density at radius 3 is 2.57 bits per heavy atom. The molecule has 1 aromatic carbocycles. The standard InChI is InChI=1S/C20H30ClFN4O2/c1-14(19(28)23-17-7-6-15(22)12-16(17)21)26-9-5-8-25(10-11-26)13-18(27)24-20(2,3)4/h6-7,12,14H,5,8-11,13H2,1-4H3,(H,23,28)(H,24,27)/p+2/t14-/m1/s1. The van der Waals surface area contributed by atoms with Crippen molar-refractivity contribution in [2.75, 3.05) is 38.0 Å². The second-order valence-corrected chi connectivity index (χ2v) is 8.98. The molecule has 3 atom stereocenters. The lowest BCUT2D eigenvalue weighted by molar-refractivity contribution is -0.942. The summed E-state index contributed by atoms with van der Waals surface area (Å²) >= 11 is 6.00. The highest BCUT2D eigenvalue weighted by atomic mass is 35.5. The van der Waals surface area contributed by atoms with Gasteiger partial charge in [0, 0.05) is 12.0 Å². The monoisotopic (exact) mass is 414 g/mol. The minimum Gasteiger partial charge on any atom is -0.347 e. The molecule has 2 amide bonds. The van der Waals surface area contributed by atoms with Gasteiger partial charge >= 0.3 is 0 Å². The molecule has 2 unspecified atom stereocenters. The third-order valence-corrected chi connectivity index (χ3v) is 5.26. The van der Waals surface area contributed by atoms with Crippen LogP contribution in [0.5, 0.6) is 0 Å². The highest BCUT2D eigenvalue weighted by Crippen LogP contribution is 2.22. The van der Waals surface area contributed by atoms with Crippen molar-refractivity contribution in [1.82, 2.24) is 5.32 Å². The van der Waals surface area contributed by atoms with E-state index in [0.717, 1.165) is 32.6 Å². The van der Waals surface area contributed by atoms with Gasteiger partial charge in [0.1, 0.15) is 18.9 Å². The molecule has 1 saturated heterocycles. The van der Waals surface area contributed by atoms with Gasteiger partial charge in [0.05, 0.1) is 23.8 Å². The van der Waals surface area contributed by atoms with Gasteiger partial charge in [-0.15, -0.1) is 0 Å². The highest BCUT2D eigenvalue weighted by Gasteiger charge is 2.30. The van der Waals surface area contributed by atoms with E-state index >= 15 is 0 Å². The number of benzene rings is 1. The first kappa shape index (κ1) is 22.6. The Morgan fingerprint density at radius 2 is 1.93 bits per heavy atom. The second-order valence-electron chi connectivity index (χ2n) is 8.57. The van der Waals surface area contributed by atoms with Gasteiger partial charge in [-0.3, -0.25) is 9.59 Å². The first-order valence-electron chi connectivity index (χ1n) is 9.80. The predicted molar refractivity (Wildman–Crippen MR) is 108 cm³/mol. The molecule has 2 rings (SSSR count). The van der Waals surface area contributed by atoms with Crippen LogP contribution in [0.1, 0.15) is 34.1 Å². The van der Waals surface area contributed by atoms with E-state index in [2.05, 4.69) is 10.6 Å². The first-order chi connectivity index (χ1) is 13.0. The Bertz CT molecular complexity index is 708. The van der Waals surface area contributed by atoms with Crippen LogP contribution >= 0.6 is 11.6 Å². The van der Waals surface area contributed by atoms with Crippen LogP contribution in [0.15, 0.2) is 18.2 Å². The molecule has 0 radical (unpaired) electrons. The summed E-state index contributed by atoms with van der Waals surface area (Å²) in [6.07, 6.45) is 0.947. The van der Waals surface area contributed by atoms with Gasteiger partial charge in [-0.1, -0.05) is 11.6 Å². The van der Waals surface area contributed by atoms with E-state index in [1.807, 2.05) is 27.7 Å². The molecule has 1 heterocycles. The fourth-order valence-electron chi connectivity index (χ4n) is 3.47. The van der Waals surface area contributed by atoms with Crippen LogP contribution in [0.3, 0.4) is 0 Å². The minimum absolute atomic E-state index is 0.0580. The van der Waals surface area contributed by atoms with E-state index in [4.69, 9.17) is 11.6 Å². The number of carbonyl (C=O) groups excluding carboxylic acids is 2. The lowest BCUT2D eigenvalue weighted by atomic mass is 10.1. The van der Waals surface area contributed by atoms with Crippen LogP contribution in [0.4, 0.5) is 10.1 Å². The number of amides is 2. The van der Waals surface area contributed by atoms with E-state index in [0.29, 0.717) is 12.2 Å². The Morgan fingerprint density at radius 1 is 1.21 bits per heavy atom. The Hall–Kier alpha value is -1.70. The quantitative estimate of drug-likeness (QED) is 0.543. The number of anilines is 1. The summed E-state index contributed by atoms with van der Waals surface area (Å²) in [7, 11) is 0. The van der Waals surface area contributed by atoms with Gasteiger partial charge in [0.2, 0.25) is 0 Å². The van der Waals surface area contributed by atoms with Crippen molar-refractivity contribution in [2.24, 2.45) is 0 Å². The van der Waals surface area contributed by atoms with Crippen molar-refractivity contribution < 1.29 is 23.8 Å². The van der Waals surface area contributed by atoms with Gasteiger partial charge in [-0.05, 0) is 45.9 Å². The molecule has 156 valence electrons. The van der Waals surface area contributed by atoms with Gasteiger partial charge in [0.25, 0.3) is 11.8 Å². The van der Waals surface area contributed by atoms with Crippen LogP contribution in [-0.4, -0.2) is 56.1 Å². The summed E-state index contributed by atoms with van der Waals surface area (Å²) in [5.74, 6) is -0.520. The fourth-order valence-corrected chi connectivity index (χ4v) is 3.68. The molecule has 1 aliphatic rings. The van der Waals surface area contributed by atoms with E-state index in [-0.39, 0.29) is 28.4 Å². The molecule has 0 aliphatic carbocycles. The molecule has 0 spiro atoms. The van der Waals surface area contributed by atoms with Crippen LogP contribution in [0.2, 0.25) is 5.02 Å². The lowest BCUT2D eigenvalue weighted by Gasteiger charge is -2.24. The molecular formula is C20H32ClFN4O2+2. The summed E-state index contributed by atoms with van der Waals surface area (Å²) in [5, 5.41) is 5.99. The minimum atomic E-state index is -0.437. The summed E-state index contributed by atoms with van der Waals surface area (Å²) in [6.45, 7) is 11.7. The van der Waals surface area contributed by atoms with E-state index in [1.54, 1.807) is 0 Å².